The largest absolute Gasteiger partial charge is 0.497 e. The van der Waals surface area contributed by atoms with Crippen LogP contribution in [0.4, 0.5) is 0 Å². The summed E-state index contributed by atoms with van der Waals surface area (Å²) in [5.74, 6) is 1.75. The van der Waals surface area contributed by atoms with E-state index in [0.29, 0.717) is 6.04 Å². The summed E-state index contributed by atoms with van der Waals surface area (Å²) in [4.78, 5) is 7.12. The van der Waals surface area contributed by atoms with Gasteiger partial charge in [0, 0.05) is 24.7 Å². The molecule has 1 atom stereocenters. The molecule has 1 unspecified atom stereocenters. The Balaban J connectivity index is 1.81. The van der Waals surface area contributed by atoms with Gasteiger partial charge in [-0.25, -0.2) is 9.50 Å². The van der Waals surface area contributed by atoms with E-state index in [0.717, 1.165) is 30.2 Å². The van der Waals surface area contributed by atoms with E-state index in [4.69, 9.17) is 4.74 Å². The van der Waals surface area contributed by atoms with Crippen molar-refractivity contribution in [1.82, 2.24) is 19.5 Å². The molecule has 19 heavy (non-hydrogen) atoms. The van der Waals surface area contributed by atoms with Gasteiger partial charge in [0.15, 0.2) is 11.5 Å². The molecule has 102 valence electrons. The monoisotopic (exact) mass is 260 g/mol. The summed E-state index contributed by atoms with van der Waals surface area (Å²) in [7, 11) is 1.67. The third kappa shape index (κ3) is 2.42. The van der Waals surface area contributed by atoms with E-state index in [-0.39, 0.29) is 0 Å². The number of pyridine rings is 1. The summed E-state index contributed by atoms with van der Waals surface area (Å²) >= 11 is 0. The van der Waals surface area contributed by atoms with Crippen LogP contribution in [-0.4, -0.2) is 45.7 Å². The van der Waals surface area contributed by atoms with Gasteiger partial charge in [0.25, 0.3) is 0 Å². The van der Waals surface area contributed by atoms with Crippen LogP contribution in [0.25, 0.3) is 5.65 Å². The predicted molar refractivity (Wildman–Crippen MR) is 73.5 cm³/mol. The first-order valence-corrected chi connectivity index (χ1v) is 6.93. The van der Waals surface area contributed by atoms with E-state index < -0.39 is 0 Å². The lowest BCUT2D eigenvalue weighted by atomic mass is 10.1. The number of hydrogen-bond acceptors (Lipinski definition) is 4. The lowest BCUT2D eigenvalue weighted by molar-refractivity contribution is 0.263. The maximum atomic E-state index is 5.21. The van der Waals surface area contributed by atoms with Crippen molar-refractivity contribution in [2.45, 2.75) is 32.2 Å². The molecule has 2 aromatic rings. The second-order valence-corrected chi connectivity index (χ2v) is 5.03. The van der Waals surface area contributed by atoms with Gasteiger partial charge in [-0.2, -0.15) is 5.10 Å². The Morgan fingerprint density at radius 2 is 2.37 bits per heavy atom. The van der Waals surface area contributed by atoms with Crippen molar-refractivity contribution >= 4 is 5.65 Å². The third-order valence-corrected chi connectivity index (χ3v) is 3.91. The molecule has 0 saturated carbocycles. The second kappa shape index (κ2) is 5.17. The first kappa shape index (κ1) is 12.4. The van der Waals surface area contributed by atoms with Gasteiger partial charge >= 0.3 is 0 Å². The predicted octanol–water partition coefficient (Wildman–Crippen LogP) is 1.76. The highest BCUT2D eigenvalue weighted by atomic mass is 16.5. The normalized spacial score (nSPS) is 20.2. The van der Waals surface area contributed by atoms with E-state index in [1.54, 1.807) is 7.11 Å². The Labute approximate surface area is 113 Å². The van der Waals surface area contributed by atoms with E-state index in [1.807, 2.05) is 22.8 Å². The minimum atomic E-state index is 0.601. The fraction of sp³-hybridized carbons (Fsp3) is 0.571. The van der Waals surface area contributed by atoms with E-state index >= 15 is 0 Å². The average molecular weight is 260 g/mol. The molecule has 1 aliphatic heterocycles. The molecule has 0 radical (unpaired) electrons. The van der Waals surface area contributed by atoms with Gasteiger partial charge in [-0.3, -0.25) is 0 Å². The van der Waals surface area contributed by atoms with Gasteiger partial charge in [0.05, 0.1) is 7.11 Å². The fourth-order valence-electron chi connectivity index (χ4n) is 2.88. The number of likely N-dealkylation sites (tertiary alicyclic amines) is 1. The zero-order chi connectivity index (χ0) is 13.2. The van der Waals surface area contributed by atoms with Gasteiger partial charge in [-0.1, -0.05) is 6.92 Å². The van der Waals surface area contributed by atoms with Crippen LogP contribution in [0.1, 0.15) is 25.6 Å². The van der Waals surface area contributed by atoms with Crippen LogP contribution in [-0.2, 0) is 6.42 Å². The quantitative estimate of drug-likeness (QED) is 0.840. The smallest absolute Gasteiger partial charge is 0.159 e. The third-order valence-electron chi connectivity index (χ3n) is 3.91. The Kier molecular flexibility index (Phi) is 3.38. The molecular weight excluding hydrogens is 240 g/mol. The first-order valence-electron chi connectivity index (χ1n) is 6.93. The number of likely N-dealkylation sites (N-methyl/N-ethyl adjacent to an activating group) is 1. The zero-order valence-corrected chi connectivity index (χ0v) is 11.5. The van der Waals surface area contributed by atoms with E-state index in [2.05, 4.69) is 21.9 Å². The number of ether oxygens (including phenoxy) is 1. The molecule has 0 spiro atoms. The van der Waals surface area contributed by atoms with Crippen molar-refractivity contribution in [1.29, 1.82) is 0 Å². The molecule has 0 aliphatic carbocycles. The number of fused-ring (bicyclic) bond motifs is 1. The van der Waals surface area contributed by atoms with Gasteiger partial charge in [0.1, 0.15) is 5.75 Å². The Morgan fingerprint density at radius 3 is 3.16 bits per heavy atom. The fourth-order valence-corrected chi connectivity index (χ4v) is 2.88. The van der Waals surface area contributed by atoms with Crippen LogP contribution in [0, 0.1) is 0 Å². The Morgan fingerprint density at radius 1 is 1.47 bits per heavy atom. The lowest BCUT2D eigenvalue weighted by Gasteiger charge is -2.21. The van der Waals surface area contributed by atoms with Crippen molar-refractivity contribution in [3.63, 3.8) is 0 Å². The zero-order valence-electron chi connectivity index (χ0n) is 11.5. The highest BCUT2D eigenvalue weighted by molar-refractivity contribution is 5.43. The molecule has 0 N–H and O–H groups in total. The summed E-state index contributed by atoms with van der Waals surface area (Å²) in [6.45, 7) is 4.55. The Bertz CT molecular complexity index is 566. The van der Waals surface area contributed by atoms with E-state index in [9.17, 15) is 0 Å². The van der Waals surface area contributed by atoms with Crippen LogP contribution < -0.4 is 4.74 Å². The summed E-state index contributed by atoms with van der Waals surface area (Å²) < 4.78 is 7.03. The van der Waals surface area contributed by atoms with Crippen molar-refractivity contribution < 1.29 is 4.74 Å². The molecule has 3 heterocycles. The van der Waals surface area contributed by atoms with Crippen molar-refractivity contribution in [3.8, 4) is 5.75 Å². The highest BCUT2D eigenvalue weighted by Crippen LogP contribution is 2.20. The summed E-state index contributed by atoms with van der Waals surface area (Å²) in [5, 5.41) is 4.54. The molecule has 1 fully saturated rings. The summed E-state index contributed by atoms with van der Waals surface area (Å²) in [5.41, 5.74) is 0.857. The number of methoxy groups -OCH3 is 1. The van der Waals surface area contributed by atoms with Crippen molar-refractivity contribution in [2.24, 2.45) is 0 Å². The van der Waals surface area contributed by atoms with Crippen molar-refractivity contribution in [2.75, 3.05) is 20.2 Å². The number of nitrogens with zero attached hydrogens (tertiary/aromatic N) is 4. The van der Waals surface area contributed by atoms with Crippen LogP contribution in [0.2, 0.25) is 0 Å². The molecule has 3 rings (SSSR count). The first-order chi connectivity index (χ1) is 9.30. The number of hydrogen-bond donors (Lipinski definition) is 0. The number of rotatable bonds is 4. The molecule has 0 aromatic carbocycles. The topological polar surface area (TPSA) is 42.7 Å². The van der Waals surface area contributed by atoms with Crippen LogP contribution in [0.3, 0.4) is 0 Å². The van der Waals surface area contributed by atoms with Gasteiger partial charge in [-0.05, 0) is 32.0 Å². The van der Waals surface area contributed by atoms with Gasteiger partial charge in [-0.15, -0.1) is 0 Å². The second-order valence-electron chi connectivity index (χ2n) is 5.03. The van der Waals surface area contributed by atoms with Gasteiger partial charge < -0.3 is 9.64 Å². The SMILES string of the molecule is CCN1CCCC1Cc1nc2cc(OC)ccn2n1. The van der Waals surface area contributed by atoms with Crippen LogP contribution in [0.5, 0.6) is 5.75 Å². The highest BCUT2D eigenvalue weighted by Gasteiger charge is 2.24. The molecule has 2 aromatic heterocycles. The van der Waals surface area contributed by atoms with Gasteiger partial charge in [0.2, 0.25) is 0 Å². The molecule has 5 heteroatoms. The maximum absolute atomic E-state index is 5.21. The molecular formula is C14H20N4O. The molecule has 1 aliphatic rings. The Hall–Kier alpha value is -1.62. The minimum Gasteiger partial charge on any atom is -0.497 e. The molecule has 5 nitrogen and oxygen atoms in total. The van der Waals surface area contributed by atoms with Crippen molar-refractivity contribution in [3.05, 3.63) is 24.2 Å². The lowest BCUT2D eigenvalue weighted by Crippen LogP contribution is -2.31. The summed E-state index contributed by atoms with van der Waals surface area (Å²) in [6, 6.07) is 4.42. The maximum Gasteiger partial charge on any atom is 0.159 e. The van der Waals surface area contributed by atoms with Crippen LogP contribution >= 0.6 is 0 Å². The molecule has 1 saturated heterocycles. The summed E-state index contributed by atoms with van der Waals surface area (Å²) in [6.07, 6.45) is 5.39. The van der Waals surface area contributed by atoms with E-state index in [1.165, 1.54) is 19.4 Å². The minimum absolute atomic E-state index is 0.601. The van der Waals surface area contributed by atoms with Crippen LogP contribution in [0.15, 0.2) is 18.3 Å². The molecule has 0 amide bonds. The standard InChI is InChI=1S/C14H20N4O/c1-3-17-7-4-5-11(17)9-13-15-14-10-12(19-2)6-8-18(14)16-13/h6,8,10-11H,3-5,7,9H2,1-2H3. The number of aromatic nitrogens is 3. The molecule has 0 bridgehead atoms. The average Bonchev–Trinajstić information content (AvgIpc) is 3.03.